The van der Waals surface area contributed by atoms with Crippen LogP contribution in [-0.4, -0.2) is 5.78 Å². The number of carbonyl (C=O) groups is 1. The highest BCUT2D eigenvalue weighted by Gasteiger charge is 2.22. The Morgan fingerprint density at radius 1 is 0.800 bits per heavy atom. The highest BCUT2D eigenvalue weighted by Crippen LogP contribution is 2.34. The molecule has 2 aliphatic rings. The van der Waals surface area contributed by atoms with Crippen molar-refractivity contribution >= 4 is 5.78 Å². The van der Waals surface area contributed by atoms with Crippen LogP contribution in [0.5, 0.6) is 0 Å². The van der Waals surface area contributed by atoms with Crippen molar-refractivity contribution in [1.29, 1.82) is 0 Å². The van der Waals surface area contributed by atoms with Gasteiger partial charge in [0.15, 0.2) is 0 Å². The van der Waals surface area contributed by atoms with Crippen LogP contribution in [0.15, 0.2) is 0 Å². The Morgan fingerprint density at radius 2 is 1.33 bits per heavy atom. The molecule has 0 unspecified atom stereocenters. The molecule has 0 aromatic carbocycles. The molecule has 2 saturated carbocycles. The molecule has 1 nitrogen and oxygen atoms in total. The topological polar surface area (TPSA) is 17.1 Å². The molecule has 0 radical (unpaired) electrons. The highest BCUT2D eigenvalue weighted by molar-refractivity contribution is 5.78. The summed E-state index contributed by atoms with van der Waals surface area (Å²) in [6, 6.07) is 0. The van der Waals surface area contributed by atoms with Gasteiger partial charge in [-0.05, 0) is 24.7 Å². The van der Waals surface area contributed by atoms with Crippen molar-refractivity contribution in [2.75, 3.05) is 0 Å². The van der Waals surface area contributed by atoms with E-state index in [0.717, 1.165) is 24.7 Å². The Kier molecular flexibility index (Phi) is 4.22. The molecule has 2 rings (SSSR count). The van der Waals surface area contributed by atoms with Crippen molar-refractivity contribution in [1.82, 2.24) is 0 Å². The fraction of sp³-hybridized carbons (Fsp3) is 0.929. The maximum atomic E-state index is 11.6. The summed E-state index contributed by atoms with van der Waals surface area (Å²) in [5, 5.41) is 0. The molecule has 0 N–H and O–H groups in total. The standard InChI is InChI=1S/C14H24O/c15-14(11-9-13-6-7-13)10-8-12-4-2-1-3-5-12/h12-13H,1-11H2. The number of carbonyl (C=O) groups excluding carboxylic acids is 1. The third-order valence-electron chi connectivity index (χ3n) is 4.08. The van der Waals surface area contributed by atoms with E-state index in [1.807, 2.05) is 0 Å². The molecule has 0 bridgehead atoms. The van der Waals surface area contributed by atoms with Gasteiger partial charge in [-0.15, -0.1) is 0 Å². The molecular weight excluding hydrogens is 184 g/mol. The lowest BCUT2D eigenvalue weighted by atomic mass is 9.85. The minimum absolute atomic E-state index is 0.535. The van der Waals surface area contributed by atoms with E-state index >= 15 is 0 Å². The maximum Gasteiger partial charge on any atom is 0.132 e. The van der Waals surface area contributed by atoms with Crippen LogP contribution in [0.25, 0.3) is 0 Å². The molecule has 1 heteroatoms. The first-order valence-electron chi connectivity index (χ1n) is 6.86. The monoisotopic (exact) mass is 208 g/mol. The number of ketones is 1. The van der Waals surface area contributed by atoms with E-state index in [1.54, 1.807) is 0 Å². The fourth-order valence-corrected chi connectivity index (χ4v) is 2.74. The van der Waals surface area contributed by atoms with Gasteiger partial charge in [0.2, 0.25) is 0 Å². The lowest BCUT2D eigenvalue weighted by Gasteiger charge is -2.20. The van der Waals surface area contributed by atoms with Crippen molar-refractivity contribution in [2.24, 2.45) is 11.8 Å². The van der Waals surface area contributed by atoms with Crippen LogP contribution >= 0.6 is 0 Å². The smallest absolute Gasteiger partial charge is 0.132 e. The van der Waals surface area contributed by atoms with Gasteiger partial charge < -0.3 is 0 Å². The Balaban J connectivity index is 1.53. The molecule has 0 atom stereocenters. The van der Waals surface area contributed by atoms with Crippen LogP contribution in [0.4, 0.5) is 0 Å². The maximum absolute atomic E-state index is 11.6. The summed E-state index contributed by atoms with van der Waals surface area (Å²) in [6.07, 6.45) is 13.9. The average Bonchev–Trinajstić information content (AvgIpc) is 3.09. The van der Waals surface area contributed by atoms with Crippen LogP contribution in [0.1, 0.15) is 70.6 Å². The first kappa shape index (κ1) is 11.2. The molecule has 0 heterocycles. The molecule has 0 saturated heterocycles. The summed E-state index contributed by atoms with van der Waals surface area (Å²) in [5.41, 5.74) is 0. The predicted octanol–water partition coefficient (Wildman–Crippen LogP) is 4.11. The van der Waals surface area contributed by atoms with Crippen LogP contribution in [0.3, 0.4) is 0 Å². The second-order valence-corrected chi connectivity index (χ2v) is 5.56. The van der Waals surface area contributed by atoms with E-state index in [2.05, 4.69) is 0 Å². The van der Waals surface area contributed by atoms with E-state index in [4.69, 9.17) is 0 Å². The zero-order valence-electron chi connectivity index (χ0n) is 9.84. The third-order valence-corrected chi connectivity index (χ3v) is 4.08. The Morgan fingerprint density at radius 3 is 1.87 bits per heavy atom. The molecule has 15 heavy (non-hydrogen) atoms. The predicted molar refractivity (Wildman–Crippen MR) is 62.8 cm³/mol. The van der Waals surface area contributed by atoms with Gasteiger partial charge in [-0.25, -0.2) is 0 Å². The normalized spacial score (nSPS) is 22.9. The van der Waals surface area contributed by atoms with Crippen molar-refractivity contribution in [3.63, 3.8) is 0 Å². The Labute approximate surface area is 93.6 Å². The van der Waals surface area contributed by atoms with Crippen molar-refractivity contribution in [3.8, 4) is 0 Å². The second kappa shape index (κ2) is 5.67. The minimum Gasteiger partial charge on any atom is -0.300 e. The molecule has 0 amide bonds. The molecule has 0 aromatic heterocycles. The molecule has 2 fully saturated rings. The number of rotatable bonds is 6. The Bertz CT molecular complexity index is 199. The lowest BCUT2D eigenvalue weighted by molar-refractivity contribution is -0.119. The SMILES string of the molecule is O=C(CCC1CCCCC1)CCC1CC1. The van der Waals surface area contributed by atoms with E-state index in [9.17, 15) is 4.79 Å². The Hall–Kier alpha value is -0.330. The highest BCUT2D eigenvalue weighted by atomic mass is 16.1. The van der Waals surface area contributed by atoms with Crippen molar-refractivity contribution in [3.05, 3.63) is 0 Å². The van der Waals surface area contributed by atoms with Crippen molar-refractivity contribution in [2.45, 2.75) is 70.6 Å². The van der Waals surface area contributed by atoms with Gasteiger partial charge in [-0.1, -0.05) is 44.9 Å². The number of Topliss-reactive ketones (excluding diaryl/α,β-unsaturated/α-hetero) is 1. The third kappa shape index (κ3) is 4.36. The fourth-order valence-electron chi connectivity index (χ4n) is 2.74. The molecule has 0 aromatic rings. The zero-order valence-corrected chi connectivity index (χ0v) is 9.84. The minimum atomic E-state index is 0.535. The van der Waals surface area contributed by atoms with Gasteiger partial charge in [-0.2, -0.15) is 0 Å². The largest absolute Gasteiger partial charge is 0.300 e. The van der Waals surface area contributed by atoms with Crippen molar-refractivity contribution < 1.29 is 4.79 Å². The van der Waals surface area contributed by atoms with Crippen LogP contribution in [0, 0.1) is 11.8 Å². The number of hydrogen-bond donors (Lipinski definition) is 0. The van der Waals surface area contributed by atoms with Crippen LogP contribution < -0.4 is 0 Å². The summed E-state index contributed by atoms with van der Waals surface area (Å²) in [4.78, 5) is 11.6. The lowest BCUT2D eigenvalue weighted by Crippen LogP contribution is -2.09. The van der Waals surface area contributed by atoms with E-state index in [1.165, 1.54) is 57.8 Å². The van der Waals surface area contributed by atoms with E-state index in [-0.39, 0.29) is 0 Å². The van der Waals surface area contributed by atoms with Crippen LogP contribution in [-0.2, 0) is 4.79 Å². The van der Waals surface area contributed by atoms with Gasteiger partial charge in [0, 0.05) is 12.8 Å². The second-order valence-electron chi connectivity index (χ2n) is 5.56. The molecule has 0 spiro atoms. The summed E-state index contributed by atoms with van der Waals surface area (Å²) >= 11 is 0. The van der Waals surface area contributed by atoms with Gasteiger partial charge >= 0.3 is 0 Å². The summed E-state index contributed by atoms with van der Waals surface area (Å²) < 4.78 is 0. The zero-order chi connectivity index (χ0) is 10.5. The van der Waals surface area contributed by atoms with Gasteiger partial charge in [0.1, 0.15) is 5.78 Å². The summed E-state index contributed by atoms with van der Waals surface area (Å²) in [6.45, 7) is 0. The molecule has 86 valence electrons. The average molecular weight is 208 g/mol. The summed E-state index contributed by atoms with van der Waals surface area (Å²) in [7, 11) is 0. The van der Waals surface area contributed by atoms with E-state index in [0.29, 0.717) is 5.78 Å². The first-order chi connectivity index (χ1) is 7.34. The molecular formula is C14H24O. The number of hydrogen-bond acceptors (Lipinski definition) is 1. The first-order valence-corrected chi connectivity index (χ1v) is 6.86. The molecule has 0 aliphatic heterocycles. The quantitative estimate of drug-likeness (QED) is 0.642. The summed E-state index contributed by atoms with van der Waals surface area (Å²) in [5.74, 6) is 2.33. The van der Waals surface area contributed by atoms with Gasteiger partial charge in [0.25, 0.3) is 0 Å². The molecule has 2 aliphatic carbocycles. The van der Waals surface area contributed by atoms with Gasteiger partial charge in [-0.3, -0.25) is 4.79 Å². The van der Waals surface area contributed by atoms with Gasteiger partial charge in [0.05, 0.1) is 0 Å². The van der Waals surface area contributed by atoms with E-state index < -0.39 is 0 Å². The van der Waals surface area contributed by atoms with Crippen LogP contribution in [0.2, 0.25) is 0 Å².